The number of anilines is 1. The highest BCUT2D eigenvalue weighted by Gasteiger charge is 2.15. The van der Waals surface area contributed by atoms with E-state index in [4.69, 9.17) is 0 Å². The first kappa shape index (κ1) is 15.0. The zero-order valence-corrected chi connectivity index (χ0v) is 13.3. The Morgan fingerprint density at radius 1 is 1.05 bits per heavy atom. The van der Waals surface area contributed by atoms with Crippen molar-refractivity contribution in [3.8, 4) is 0 Å². The van der Waals surface area contributed by atoms with Crippen LogP contribution >= 0.6 is 15.9 Å². The van der Waals surface area contributed by atoms with Gasteiger partial charge >= 0.3 is 0 Å². The molecule has 0 aliphatic rings. The Bertz CT molecular complexity index is 685. The first-order valence-electron chi connectivity index (χ1n) is 6.04. The van der Waals surface area contributed by atoms with Crippen LogP contribution in [0.2, 0.25) is 0 Å². The van der Waals surface area contributed by atoms with Crippen molar-refractivity contribution in [3.05, 3.63) is 58.6 Å². The molecule has 0 saturated heterocycles. The number of para-hydroxylation sites is 1. The Morgan fingerprint density at radius 2 is 1.70 bits per heavy atom. The van der Waals surface area contributed by atoms with Crippen molar-refractivity contribution < 1.29 is 8.42 Å². The van der Waals surface area contributed by atoms with Gasteiger partial charge in [0.25, 0.3) is 10.0 Å². The molecular weight excluding hydrogens is 340 g/mol. The molecule has 4 nitrogen and oxygen atoms in total. The highest BCUT2D eigenvalue weighted by atomic mass is 79.9. The minimum Gasteiger partial charge on any atom is -0.316 e. The minimum atomic E-state index is -3.57. The van der Waals surface area contributed by atoms with Crippen LogP contribution in [0.15, 0.2) is 57.9 Å². The summed E-state index contributed by atoms with van der Waals surface area (Å²) < 4.78 is 27.8. The average Bonchev–Trinajstić information content (AvgIpc) is 2.42. The van der Waals surface area contributed by atoms with E-state index in [2.05, 4.69) is 26.0 Å². The highest BCUT2D eigenvalue weighted by molar-refractivity contribution is 9.10. The number of halogens is 1. The molecule has 0 fully saturated rings. The fourth-order valence-corrected chi connectivity index (χ4v) is 3.33. The summed E-state index contributed by atoms with van der Waals surface area (Å²) in [5.74, 6) is 0. The molecule has 2 aromatic rings. The Morgan fingerprint density at radius 3 is 2.30 bits per heavy atom. The quantitative estimate of drug-likeness (QED) is 0.867. The van der Waals surface area contributed by atoms with Crippen LogP contribution in [0.4, 0.5) is 5.69 Å². The normalized spacial score (nSPS) is 11.3. The van der Waals surface area contributed by atoms with Crippen LogP contribution in [0.25, 0.3) is 0 Å². The molecule has 0 aromatic heterocycles. The maximum absolute atomic E-state index is 12.3. The summed E-state index contributed by atoms with van der Waals surface area (Å²) in [4.78, 5) is 0.244. The van der Waals surface area contributed by atoms with Gasteiger partial charge in [0.2, 0.25) is 0 Å². The van der Waals surface area contributed by atoms with Crippen molar-refractivity contribution in [1.82, 2.24) is 5.32 Å². The lowest BCUT2D eigenvalue weighted by atomic mass is 10.2. The first-order valence-corrected chi connectivity index (χ1v) is 8.31. The molecule has 0 heterocycles. The number of rotatable bonds is 5. The second-order valence-electron chi connectivity index (χ2n) is 4.26. The summed E-state index contributed by atoms with van der Waals surface area (Å²) in [7, 11) is -1.72. The maximum Gasteiger partial charge on any atom is 0.261 e. The van der Waals surface area contributed by atoms with E-state index in [9.17, 15) is 8.42 Å². The van der Waals surface area contributed by atoms with E-state index in [1.807, 2.05) is 13.1 Å². The first-order chi connectivity index (χ1) is 9.53. The Labute approximate surface area is 127 Å². The van der Waals surface area contributed by atoms with Crippen LogP contribution in [0.3, 0.4) is 0 Å². The molecule has 2 rings (SSSR count). The van der Waals surface area contributed by atoms with Gasteiger partial charge in [-0.2, -0.15) is 0 Å². The van der Waals surface area contributed by atoms with Gasteiger partial charge < -0.3 is 5.32 Å². The van der Waals surface area contributed by atoms with Gasteiger partial charge in [-0.05, 0) is 52.8 Å². The van der Waals surface area contributed by atoms with Crippen molar-refractivity contribution >= 4 is 31.6 Å². The summed E-state index contributed by atoms with van der Waals surface area (Å²) in [5, 5.41) is 3.02. The van der Waals surface area contributed by atoms with Gasteiger partial charge in [-0.3, -0.25) is 4.72 Å². The lowest BCUT2D eigenvalue weighted by molar-refractivity contribution is 0.601. The minimum absolute atomic E-state index is 0.244. The lowest BCUT2D eigenvalue weighted by Crippen LogP contribution is -2.13. The van der Waals surface area contributed by atoms with Crippen LogP contribution < -0.4 is 10.0 Å². The number of sulfonamides is 1. The lowest BCUT2D eigenvalue weighted by Gasteiger charge is -2.10. The second-order valence-corrected chi connectivity index (χ2v) is 6.80. The van der Waals surface area contributed by atoms with Gasteiger partial charge in [-0.25, -0.2) is 8.42 Å². The third kappa shape index (κ3) is 3.59. The number of hydrogen-bond donors (Lipinski definition) is 2. The van der Waals surface area contributed by atoms with Crippen molar-refractivity contribution in [2.75, 3.05) is 11.8 Å². The third-order valence-corrected chi connectivity index (χ3v) is 4.81. The summed E-state index contributed by atoms with van der Waals surface area (Å²) in [6.45, 7) is 0.706. The zero-order chi connectivity index (χ0) is 14.6. The van der Waals surface area contributed by atoms with Gasteiger partial charge in [0.1, 0.15) is 0 Å². The van der Waals surface area contributed by atoms with E-state index in [0.717, 1.165) is 5.56 Å². The summed E-state index contributed by atoms with van der Waals surface area (Å²) >= 11 is 3.32. The Kier molecular flexibility index (Phi) is 4.80. The van der Waals surface area contributed by atoms with E-state index in [1.165, 1.54) is 0 Å². The molecule has 20 heavy (non-hydrogen) atoms. The number of nitrogens with one attached hydrogen (secondary N) is 2. The van der Waals surface area contributed by atoms with Gasteiger partial charge in [0, 0.05) is 11.0 Å². The fraction of sp³-hybridized carbons (Fsp3) is 0.143. The summed E-state index contributed by atoms with van der Waals surface area (Å²) in [6.07, 6.45) is 0. The average molecular weight is 355 g/mol. The molecule has 0 saturated carbocycles. The molecule has 0 spiro atoms. The molecule has 0 atom stereocenters. The molecular formula is C14H15BrN2O2S. The van der Waals surface area contributed by atoms with E-state index in [1.54, 1.807) is 42.5 Å². The molecule has 0 bridgehead atoms. The SMILES string of the molecule is CNCc1ccc(S(=O)(=O)Nc2ccccc2Br)cc1. The molecule has 2 aromatic carbocycles. The van der Waals surface area contributed by atoms with Crippen LogP contribution in [-0.4, -0.2) is 15.5 Å². The number of hydrogen-bond acceptors (Lipinski definition) is 3. The van der Waals surface area contributed by atoms with E-state index < -0.39 is 10.0 Å². The molecule has 0 unspecified atom stereocenters. The third-order valence-electron chi connectivity index (χ3n) is 2.73. The highest BCUT2D eigenvalue weighted by Crippen LogP contribution is 2.24. The van der Waals surface area contributed by atoms with Crippen LogP contribution in [0, 0.1) is 0 Å². The molecule has 2 N–H and O–H groups in total. The van der Waals surface area contributed by atoms with Gasteiger partial charge in [0.05, 0.1) is 10.6 Å². The predicted octanol–water partition coefficient (Wildman–Crippen LogP) is 2.97. The second kappa shape index (κ2) is 6.39. The summed E-state index contributed by atoms with van der Waals surface area (Å²) in [6, 6.07) is 13.9. The fourth-order valence-electron chi connectivity index (χ4n) is 1.74. The summed E-state index contributed by atoms with van der Waals surface area (Å²) in [5.41, 5.74) is 1.55. The molecule has 0 radical (unpaired) electrons. The maximum atomic E-state index is 12.3. The zero-order valence-electron chi connectivity index (χ0n) is 10.9. The van der Waals surface area contributed by atoms with Crippen LogP contribution in [-0.2, 0) is 16.6 Å². The smallest absolute Gasteiger partial charge is 0.261 e. The van der Waals surface area contributed by atoms with E-state index in [0.29, 0.717) is 16.7 Å². The van der Waals surface area contributed by atoms with Gasteiger partial charge in [-0.15, -0.1) is 0 Å². The number of benzene rings is 2. The van der Waals surface area contributed by atoms with Gasteiger partial charge in [0.15, 0.2) is 0 Å². The van der Waals surface area contributed by atoms with Crippen molar-refractivity contribution in [3.63, 3.8) is 0 Å². The monoisotopic (exact) mass is 354 g/mol. The van der Waals surface area contributed by atoms with E-state index in [-0.39, 0.29) is 4.90 Å². The van der Waals surface area contributed by atoms with Gasteiger partial charge in [-0.1, -0.05) is 24.3 Å². The standard InChI is InChI=1S/C14H15BrN2O2S/c1-16-10-11-6-8-12(9-7-11)20(18,19)17-14-5-3-2-4-13(14)15/h2-9,16-17H,10H2,1H3. The molecule has 0 aliphatic carbocycles. The van der Waals surface area contributed by atoms with Crippen molar-refractivity contribution in [1.29, 1.82) is 0 Å². The Balaban J connectivity index is 2.24. The molecule has 0 amide bonds. The predicted molar refractivity (Wildman–Crippen MR) is 84.2 cm³/mol. The van der Waals surface area contributed by atoms with E-state index >= 15 is 0 Å². The van der Waals surface area contributed by atoms with Crippen molar-refractivity contribution in [2.45, 2.75) is 11.4 Å². The largest absolute Gasteiger partial charge is 0.316 e. The van der Waals surface area contributed by atoms with Crippen LogP contribution in [0.1, 0.15) is 5.56 Å². The Hall–Kier alpha value is -1.37. The molecule has 106 valence electrons. The van der Waals surface area contributed by atoms with Crippen molar-refractivity contribution in [2.24, 2.45) is 0 Å². The molecule has 6 heteroatoms. The topological polar surface area (TPSA) is 58.2 Å². The molecule has 0 aliphatic heterocycles. The van der Waals surface area contributed by atoms with Crippen LogP contribution in [0.5, 0.6) is 0 Å².